The summed E-state index contributed by atoms with van der Waals surface area (Å²) in [5.74, 6) is 0.615. The van der Waals surface area contributed by atoms with Crippen LogP contribution in [0.3, 0.4) is 0 Å². The van der Waals surface area contributed by atoms with Gasteiger partial charge >= 0.3 is 0 Å². The van der Waals surface area contributed by atoms with E-state index >= 15 is 0 Å². The van der Waals surface area contributed by atoms with Crippen LogP contribution < -0.4 is 5.32 Å². The van der Waals surface area contributed by atoms with Crippen LogP contribution in [0.1, 0.15) is 63.1 Å². The van der Waals surface area contributed by atoms with E-state index in [-0.39, 0.29) is 11.3 Å². The molecule has 5 nitrogen and oxygen atoms in total. The number of rotatable bonds is 4. The lowest BCUT2D eigenvalue weighted by atomic mass is 9.42. The summed E-state index contributed by atoms with van der Waals surface area (Å²) in [5.41, 5.74) is 2.32. The van der Waals surface area contributed by atoms with Crippen molar-refractivity contribution in [1.29, 1.82) is 0 Å². The van der Waals surface area contributed by atoms with Crippen molar-refractivity contribution in [3.05, 3.63) is 29.5 Å². The zero-order chi connectivity index (χ0) is 19.7. The summed E-state index contributed by atoms with van der Waals surface area (Å²) < 4.78 is 1.88. The molecule has 4 fully saturated rings. The van der Waals surface area contributed by atoms with Crippen molar-refractivity contribution in [3.8, 4) is 0 Å². The van der Waals surface area contributed by atoms with Gasteiger partial charge < -0.3 is 10.4 Å². The molecule has 0 spiro atoms. The summed E-state index contributed by atoms with van der Waals surface area (Å²) in [7, 11) is 1.95. The summed E-state index contributed by atoms with van der Waals surface area (Å²) in [4.78, 5) is 13.4. The molecule has 1 amide bonds. The fourth-order valence-electron chi connectivity index (χ4n) is 7.17. The molecule has 4 unspecified atom stereocenters. The third kappa shape index (κ3) is 2.62. The quantitative estimate of drug-likeness (QED) is 0.850. The molecule has 4 aliphatic carbocycles. The van der Waals surface area contributed by atoms with E-state index in [2.05, 4.69) is 42.5 Å². The van der Waals surface area contributed by atoms with Crippen LogP contribution in [0, 0.1) is 23.7 Å². The van der Waals surface area contributed by atoms with E-state index in [1.807, 2.05) is 11.7 Å². The minimum absolute atomic E-state index is 0.124. The van der Waals surface area contributed by atoms with Gasteiger partial charge in [0, 0.05) is 12.4 Å². The van der Waals surface area contributed by atoms with Gasteiger partial charge in [0.05, 0.1) is 28.8 Å². The Morgan fingerprint density at radius 1 is 1.29 bits per heavy atom. The van der Waals surface area contributed by atoms with Crippen molar-refractivity contribution >= 4 is 16.8 Å². The number of fused-ring (bicyclic) bond motifs is 1. The van der Waals surface area contributed by atoms with Crippen molar-refractivity contribution in [2.75, 3.05) is 0 Å². The van der Waals surface area contributed by atoms with Crippen molar-refractivity contribution in [1.82, 2.24) is 15.1 Å². The Kier molecular flexibility index (Phi) is 3.77. The molecule has 5 heteroatoms. The molecular formula is C23H31N3O2. The molecule has 150 valence electrons. The summed E-state index contributed by atoms with van der Waals surface area (Å²) in [5, 5.41) is 20.1. The van der Waals surface area contributed by atoms with Gasteiger partial charge in [-0.15, -0.1) is 0 Å². The van der Waals surface area contributed by atoms with Crippen LogP contribution >= 0.6 is 0 Å². The maximum absolute atomic E-state index is 13.4. The van der Waals surface area contributed by atoms with E-state index < -0.39 is 11.0 Å². The van der Waals surface area contributed by atoms with E-state index in [0.717, 1.165) is 48.7 Å². The fourth-order valence-corrected chi connectivity index (χ4v) is 7.17. The summed E-state index contributed by atoms with van der Waals surface area (Å²) in [6.45, 7) is 4.75. The predicted molar refractivity (Wildman–Crippen MR) is 109 cm³/mol. The number of aryl methyl sites for hydroxylation is 2. The smallest absolute Gasteiger partial charge is 0.226 e. The van der Waals surface area contributed by atoms with Gasteiger partial charge in [-0.2, -0.15) is 5.10 Å². The third-order valence-corrected chi connectivity index (χ3v) is 7.88. The molecule has 2 N–H and O–H groups in total. The number of aliphatic hydroxyl groups is 1. The van der Waals surface area contributed by atoms with Gasteiger partial charge in [-0.1, -0.05) is 25.0 Å². The van der Waals surface area contributed by atoms with Crippen LogP contribution in [0.5, 0.6) is 0 Å². The fraction of sp³-hybridized carbons (Fsp3) is 0.652. The van der Waals surface area contributed by atoms with Crippen LogP contribution in [0.25, 0.3) is 10.9 Å². The zero-order valence-electron chi connectivity index (χ0n) is 17.2. The molecule has 0 aliphatic heterocycles. The Balaban J connectivity index is 1.40. The van der Waals surface area contributed by atoms with Crippen LogP contribution in [-0.4, -0.2) is 26.4 Å². The largest absolute Gasteiger partial charge is 0.390 e. The van der Waals surface area contributed by atoms with Crippen LogP contribution in [0.15, 0.2) is 18.2 Å². The first-order chi connectivity index (χ1) is 13.3. The topological polar surface area (TPSA) is 67.2 Å². The molecule has 4 aliphatic rings. The maximum atomic E-state index is 13.4. The molecule has 2 aromatic rings. The van der Waals surface area contributed by atoms with Gasteiger partial charge in [-0.3, -0.25) is 9.48 Å². The van der Waals surface area contributed by atoms with Gasteiger partial charge in [0.15, 0.2) is 0 Å². The van der Waals surface area contributed by atoms with E-state index in [9.17, 15) is 9.90 Å². The highest BCUT2D eigenvalue weighted by atomic mass is 16.3. The minimum atomic E-state index is -0.637. The number of hydrogen-bond donors (Lipinski definition) is 2. The van der Waals surface area contributed by atoms with E-state index in [4.69, 9.17) is 0 Å². The monoisotopic (exact) mass is 381 g/mol. The first-order valence-corrected chi connectivity index (χ1v) is 10.7. The Hall–Kier alpha value is -1.88. The van der Waals surface area contributed by atoms with Crippen LogP contribution in [0.2, 0.25) is 0 Å². The van der Waals surface area contributed by atoms with Crippen molar-refractivity contribution in [2.24, 2.45) is 23.8 Å². The van der Waals surface area contributed by atoms with Gasteiger partial charge in [-0.05, 0) is 68.9 Å². The predicted octanol–water partition coefficient (Wildman–Crippen LogP) is 3.61. The standard InChI is InChI=1S/C23H31N3O2/c1-4-21-8-16-9-22(12-21,14-23(28,10-16)13-21)20(27)24-11-18-17-7-15(2)5-6-19(17)26(3)25-18/h5-7,16,28H,4,8-14H2,1-3H3,(H,24,27). The molecule has 1 aromatic heterocycles. The first-order valence-electron chi connectivity index (χ1n) is 10.7. The van der Waals surface area contributed by atoms with Gasteiger partial charge in [0.1, 0.15) is 0 Å². The Bertz CT molecular complexity index is 966. The number of carbonyl (C=O) groups is 1. The third-order valence-electron chi connectivity index (χ3n) is 7.88. The van der Waals surface area contributed by atoms with Gasteiger partial charge in [0.25, 0.3) is 0 Å². The Morgan fingerprint density at radius 2 is 2.11 bits per heavy atom. The first kappa shape index (κ1) is 18.2. The molecule has 4 bridgehead atoms. The summed E-state index contributed by atoms with van der Waals surface area (Å²) in [6.07, 6.45) is 6.51. The molecule has 4 saturated carbocycles. The van der Waals surface area contributed by atoms with Crippen molar-refractivity contribution in [2.45, 2.75) is 70.9 Å². The summed E-state index contributed by atoms with van der Waals surface area (Å²) in [6, 6.07) is 6.32. The van der Waals surface area contributed by atoms with Crippen molar-refractivity contribution < 1.29 is 9.90 Å². The second-order valence-electron chi connectivity index (χ2n) is 10.1. The lowest BCUT2D eigenvalue weighted by Crippen LogP contribution is -2.63. The van der Waals surface area contributed by atoms with E-state index in [1.165, 1.54) is 12.0 Å². The van der Waals surface area contributed by atoms with Crippen LogP contribution in [-0.2, 0) is 18.4 Å². The van der Waals surface area contributed by atoms with E-state index in [0.29, 0.717) is 18.9 Å². The molecule has 4 atom stereocenters. The average Bonchev–Trinajstić information content (AvgIpc) is 2.92. The molecule has 1 heterocycles. The molecule has 0 saturated heterocycles. The Morgan fingerprint density at radius 3 is 2.86 bits per heavy atom. The normalized spacial score (nSPS) is 36.2. The van der Waals surface area contributed by atoms with Gasteiger partial charge in [-0.25, -0.2) is 0 Å². The molecule has 6 rings (SSSR count). The van der Waals surface area contributed by atoms with Gasteiger partial charge in [0.2, 0.25) is 5.91 Å². The highest BCUT2D eigenvalue weighted by molar-refractivity contribution is 5.85. The number of nitrogens with zero attached hydrogens (tertiary/aromatic N) is 2. The molecule has 28 heavy (non-hydrogen) atoms. The average molecular weight is 382 g/mol. The number of aromatic nitrogens is 2. The lowest BCUT2D eigenvalue weighted by Gasteiger charge is -2.64. The highest BCUT2D eigenvalue weighted by Gasteiger charge is 2.64. The summed E-state index contributed by atoms with van der Waals surface area (Å²) >= 11 is 0. The van der Waals surface area contributed by atoms with Crippen LogP contribution in [0.4, 0.5) is 0 Å². The maximum Gasteiger partial charge on any atom is 0.226 e. The number of amides is 1. The molecular weight excluding hydrogens is 350 g/mol. The second-order valence-corrected chi connectivity index (χ2v) is 10.1. The zero-order valence-corrected chi connectivity index (χ0v) is 17.2. The molecule has 0 radical (unpaired) electrons. The second kappa shape index (κ2) is 5.82. The number of nitrogens with one attached hydrogen (secondary N) is 1. The number of hydrogen-bond acceptors (Lipinski definition) is 3. The highest BCUT2D eigenvalue weighted by Crippen LogP contribution is 2.67. The minimum Gasteiger partial charge on any atom is -0.390 e. The SMILES string of the molecule is CCC12CC3CC(O)(C1)CC(C(=O)NCc1nn(C)c4ccc(C)cc14)(C3)C2. The lowest BCUT2D eigenvalue weighted by molar-refractivity contribution is -0.204. The number of benzene rings is 1. The van der Waals surface area contributed by atoms with Crippen molar-refractivity contribution in [3.63, 3.8) is 0 Å². The molecule has 1 aromatic carbocycles. The van der Waals surface area contributed by atoms with E-state index in [1.54, 1.807) is 0 Å². The number of carbonyl (C=O) groups excluding carboxylic acids is 1. The Labute approximate surface area is 166 Å².